The van der Waals surface area contributed by atoms with Gasteiger partial charge in [0.25, 0.3) is 0 Å². The number of aromatic nitrogens is 1. The van der Waals surface area contributed by atoms with Gasteiger partial charge >= 0.3 is 6.18 Å². The van der Waals surface area contributed by atoms with Crippen LogP contribution in [-0.4, -0.2) is 10.9 Å². The Hall–Kier alpha value is -2.37. The van der Waals surface area contributed by atoms with Crippen molar-refractivity contribution >= 4 is 11.6 Å². The normalized spacial score (nSPS) is 18.0. The molecular formula is C15H11F3N2O. The number of anilines is 1. The number of pyridine rings is 1. The van der Waals surface area contributed by atoms with Crippen LogP contribution in [0, 0.1) is 0 Å². The highest BCUT2D eigenvalue weighted by atomic mass is 19.4. The van der Waals surface area contributed by atoms with Crippen molar-refractivity contribution in [3.63, 3.8) is 0 Å². The van der Waals surface area contributed by atoms with Crippen LogP contribution in [0.2, 0.25) is 0 Å². The number of amides is 1. The van der Waals surface area contributed by atoms with E-state index in [1.54, 1.807) is 30.6 Å². The monoisotopic (exact) mass is 292 g/mol. The van der Waals surface area contributed by atoms with Crippen molar-refractivity contribution in [2.45, 2.75) is 18.5 Å². The first-order chi connectivity index (χ1) is 9.97. The van der Waals surface area contributed by atoms with Gasteiger partial charge in [-0.2, -0.15) is 13.2 Å². The van der Waals surface area contributed by atoms with Crippen LogP contribution < -0.4 is 5.32 Å². The lowest BCUT2D eigenvalue weighted by Crippen LogP contribution is -2.26. The molecule has 0 spiro atoms. The van der Waals surface area contributed by atoms with Crippen molar-refractivity contribution in [2.24, 2.45) is 0 Å². The van der Waals surface area contributed by atoms with Crippen LogP contribution in [0.4, 0.5) is 18.9 Å². The fourth-order valence-corrected chi connectivity index (χ4v) is 2.60. The zero-order valence-electron chi connectivity index (χ0n) is 10.8. The second kappa shape index (κ2) is 4.87. The fourth-order valence-electron chi connectivity index (χ4n) is 2.60. The van der Waals surface area contributed by atoms with E-state index in [-0.39, 0.29) is 12.1 Å². The lowest BCUT2D eigenvalue weighted by Gasteiger charge is -2.28. The summed E-state index contributed by atoms with van der Waals surface area (Å²) in [6.07, 6.45) is -1.23. The molecule has 0 bridgehead atoms. The molecule has 1 aromatic heterocycles. The lowest BCUT2D eigenvalue weighted by atomic mass is 9.84. The molecule has 1 aliphatic rings. The lowest BCUT2D eigenvalue weighted by molar-refractivity contribution is -0.137. The molecule has 3 nitrogen and oxygen atoms in total. The molecule has 0 saturated carbocycles. The van der Waals surface area contributed by atoms with Gasteiger partial charge in [-0.3, -0.25) is 9.78 Å². The Morgan fingerprint density at radius 3 is 2.67 bits per heavy atom. The number of carbonyl (C=O) groups excluding carboxylic acids is 1. The number of alkyl halides is 3. The van der Waals surface area contributed by atoms with Gasteiger partial charge in [-0.1, -0.05) is 18.2 Å². The van der Waals surface area contributed by atoms with E-state index < -0.39 is 23.6 Å². The van der Waals surface area contributed by atoms with Gasteiger partial charge in [-0.25, -0.2) is 0 Å². The Bertz CT molecular complexity index is 683. The van der Waals surface area contributed by atoms with E-state index in [4.69, 9.17) is 0 Å². The maximum atomic E-state index is 13.1. The third-order valence-corrected chi connectivity index (χ3v) is 3.52. The van der Waals surface area contributed by atoms with Crippen LogP contribution >= 0.6 is 0 Å². The molecule has 2 aromatic rings. The van der Waals surface area contributed by atoms with Crippen LogP contribution in [0.25, 0.3) is 0 Å². The maximum Gasteiger partial charge on any atom is 0.418 e. The van der Waals surface area contributed by atoms with Crippen molar-refractivity contribution in [1.29, 1.82) is 0 Å². The Labute approximate surface area is 118 Å². The molecule has 3 rings (SSSR count). The van der Waals surface area contributed by atoms with E-state index in [1.807, 2.05) is 0 Å². The highest BCUT2D eigenvalue weighted by molar-refractivity contribution is 5.96. The molecule has 0 fully saturated rings. The van der Waals surface area contributed by atoms with E-state index in [1.165, 1.54) is 6.07 Å². The summed E-state index contributed by atoms with van der Waals surface area (Å²) < 4.78 is 39.2. The van der Waals surface area contributed by atoms with Gasteiger partial charge in [0.2, 0.25) is 5.91 Å². The first-order valence-corrected chi connectivity index (χ1v) is 6.36. The highest BCUT2D eigenvalue weighted by Crippen LogP contribution is 2.43. The number of carbonyl (C=O) groups is 1. The summed E-state index contributed by atoms with van der Waals surface area (Å²) in [5, 5.41) is 2.36. The van der Waals surface area contributed by atoms with Gasteiger partial charge in [0.15, 0.2) is 0 Å². The quantitative estimate of drug-likeness (QED) is 0.873. The molecule has 1 N–H and O–H groups in total. The SMILES string of the molecule is O=C1CC(c2cccnc2)c2cccc(C(F)(F)F)c2N1. The number of benzene rings is 1. The molecule has 21 heavy (non-hydrogen) atoms. The number of hydrogen-bond acceptors (Lipinski definition) is 2. The third-order valence-electron chi connectivity index (χ3n) is 3.52. The maximum absolute atomic E-state index is 13.1. The number of fused-ring (bicyclic) bond motifs is 1. The molecule has 1 atom stereocenters. The van der Waals surface area contributed by atoms with Crippen molar-refractivity contribution < 1.29 is 18.0 Å². The van der Waals surface area contributed by atoms with Gasteiger partial charge < -0.3 is 5.32 Å². The van der Waals surface area contributed by atoms with E-state index >= 15 is 0 Å². The summed E-state index contributed by atoms with van der Waals surface area (Å²) in [6, 6.07) is 7.42. The predicted molar refractivity (Wildman–Crippen MR) is 70.8 cm³/mol. The van der Waals surface area contributed by atoms with E-state index in [2.05, 4.69) is 10.3 Å². The summed E-state index contributed by atoms with van der Waals surface area (Å²) >= 11 is 0. The summed E-state index contributed by atoms with van der Waals surface area (Å²) in [7, 11) is 0. The van der Waals surface area contributed by atoms with Crippen LogP contribution in [0.5, 0.6) is 0 Å². The van der Waals surface area contributed by atoms with Gasteiger partial charge in [0.05, 0.1) is 11.3 Å². The third kappa shape index (κ3) is 2.49. The molecule has 6 heteroatoms. The topological polar surface area (TPSA) is 42.0 Å². The van der Waals surface area contributed by atoms with Crippen LogP contribution in [0.3, 0.4) is 0 Å². The number of hydrogen-bond donors (Lipinski definition) is 1. The van der Waals surface area contributed by atoms with E-state index in [0.717, 1.165) is 11.6 Å². The van der Waals surface area contributed by atoms with E-state index in [0.29, 0.717) is 5.56 Å². The van der Waals surface area contributed by atoms with Crippen LogP contribution in [-0.2, 0) is 11.0 Å². The molecule has 0 saturated heterocycles. The van der Waals surface area contributed by atoms with Crippen LogP contribution in [0.15, 0.2) is 42.7 Å². The molecule has 1 amide bonds. The van der Waals surface area contributed by atoms with Gasteiger partial charge in [-0.05, 0) is 23.3 Å². The number of halogens is 3. The first kappa shape index (κ1) is 13.6. The largest absolute Gasteiger partial charge is 0.418 e. The zero-order valence-corrected chi connectivity index (χ0v) is 10.8. The molecule has 1 aliphatic heterocycles. The standard InChI is InChI=1S/C15H11F3N2O/c16-15(17,18)12-5-1-4-10-11(7-13(21)20-14(10)12)9-3-2-6-19-8-9/h1-6,8,11H,7H2,(H,20,21). The van der Waals surface area contributed by atoms with Crippen molar-refractivity contribution in [1.82, 2.24) is 4.98 Å². The number of rotatable bonds is 1. The molecule has 0 aliphatic carbocycles. The van der Waals surface area contributed by atoms with Crippen molar-refractivity contribution in [3.8, 4) is 0 Å². The minimum absolute atomic E-state index is 0.111. The average Bonchev–Trinajstić information content (AvgIpc) is 2.45. The molecule has 1 aromatic carbocycles. The Morgan fingerprint density at radius 1 is 1.19 bits per heavy atom. The number of nitrogens with one attached hydrogen (secondary N) is 1. The molecule has 1 unspecified atom stereocenters. The Balaban J connectivity index is 2.16. The molecule has 108 valence electrons. The number of para-hydroxylation sites is 1. The summed E-state index contributed by atoms with van der Waals surface area (Å²) in [5.41, 5.74) is 0.238. The summed E-state index contributed by atoms with van der Waals surface area (Å²) in [4.78, 5) is 15.8. The second-order valence-electron chi connectivity index (χ2n) is 4.86. The summed E-state index contributed by atoms with van der Waals surface area (Å²) in [5.74, 6) is -0.835. The second-order valence-corrected chi connectivity index (χ2v) is 4.86. The number of nitrogens with zero attached hydrogens (tertiary/aromatic N) is 1. The smallest absolute Gasteiger partial charge is 0.325 e. The zero-order chi connectivity index (χ0) is 15.0. The Morgan fingerprint density at radius 2 is 2.00 bits per heavy atom. The average molecular weight is 292 g/mol. The first-order valence-electron chi connectivity index (χ1n) is 6.36. The minimum atomic E-state index is -4.50. The van der Waals surface area contributed by atoms with E-state index in [9.17, 15) is 18.0 Å². The Kier molecular flexibility index (Phi) is 3.16. The molecule has 0 radical (unpaired) electrons. The minimum Gasteiger partial charge on any atom is -0.325 e. The molecule has 2 heterocycles. The van der Waals surface area contributed by atoms with Gasteiger partial charge in [0, 0.05) is 24.7 Å². The van der Waals surface area contributed by atoms with Crippen LogP contribution in [0.1, 0.15) is 29.0 Å². The van der Waals surface area contributed by atoms with Gasteiger partial charge in [-0.15, -0.1) is 0 Å². The fraction of sp³-hybridized carbons (Fsp3) is 0.200. The summed E-state index contributed by atoms with van der Waals surface area (Å²) in [6.45, 7) is 0. The highest BCUT2D eigenvalue weighted by Gasteiger charge is 2.38. The predicted octanol–water partition coefficient (Wildman–Crippen LogP) is 3.57. The van der Waals surface area contributed by atoms with Crippen molar-refractivity contribution in [3.05, 3.63) is 59.4 Å². The van der Waals surface area contributed by atoms with Gasteiger partial charge in [0.1, 0.15) is 0 Å². The van der Waals surface area contributed by atoms with Crippen molar-refractivity contribution in [2.75, 3.05) is 5.32 Å². The molecular weight excluding hydrogens is 281 g/mol.